The molecule has 12 heteroatoms. The Bertz CT molecular complexity index is 1340. The third-order valence-electron chi connectivity index (χ3n) is 8.29. The molecule has 0 bridgehead atoms. The predicted octanol–water partition coefficient (Wildman–Crippen LogP) is 4.74. The monoisotopic (exact) mass is 637 g/mol. The molecule has 2 heterocycles. The molecule has 240 valence electrons. The molecule has 3 N–H and O–H groups in total. The number of carbonyl (C=O) groups excluding carboxylic acids is 1. The number of alkyl halides is 3. The molecule has 2 aromatic carbocycles. The van der Waals surface area contributed by atoms with Gasteiger partial charge in [-0.25, -0.2) is 13.2 Å². The number of nitrogens with zero attached hydrogens (tertiary/aromatic N) is 2. The van der Waals surface area contributed by atoms with Crippen LogP contribution >= 0.6 is 11.6 Å². The quantitative estimate of drug-likeness (QED) is 0.305. The molecule has 0 saturated carbocycles. The third kappa shape index (κ3) is 8.03. The van der Waals surface area contributed by atoms with Crippen LogP contribution in [0.2, 0.25) is 5.02 Å². The maximum Gasteiger partial charge on any atom is 0.301 e. The Balaban J connectivity index is 1.25. The number of ether oxygens (including phenoxy) is 2. The van der Waals surface area contributed by atoms with Crippen LogP contribution in [-0.4, -0.2) is 82.7 Å². The summed E-state index contributed by atoms with van der Waals surface area (Å²) in [4.78, 5) is 13.8. The first-order valence-electron chi connectivity index (χ1n) is 14.7. The van der Waals surface area contributed by atoms with Gasteiger partial charge in [-0.3, -0.25) is 4.79 Å². The number of nitrogens with one attached hydrogen (secondary N) is 1. The maximum atomic E-state index is 14.1. The van der Waals surface area contributed by atoms with Crippen molar-refractivity contribution in [2.24, 2.45) is 0 Å². The average molecular weight is 638 g/mol. The molecule has 6 atom stereocenters. The number of hydrogen-bond donors (Lipinski definition) is 3. The van der Waals surface area contributed by atoms with Gasteiger partial charge in [0.15, 0.2) is 0 Å². The fourth-order valence-electron chi connectivity index (χ4n) is 5.52. The van der Waals surface area contributed by atoms with Crippen LogP contribution < -0.4 is 10.1 Å². The van der Waals surface area contributed by atoms with E-state index in [0.29, 0.717) is 47.8 Å². The minimum absolute atomic E-state index is 0.0262. The third-order valence-corrected chi connectivity index (χ3v) is 8.66. The molecule has 2 aliphatic heterocycles. The second-order valence-corrected chi connectivity index (χ2v) is 12.6. The molecule has 2 fully saturated rings. The molecule has 8 nitrogen and oxygen atoms in total. The molecule has 0 spiro atoms. The Morgan fingerprint density at radius 3 is 2.64 bits per heavy atom. The van der Waals surface area contributed by atoms with Gasteiger partial charge in [-0.1, -0.05) is 35.9 Å². The first-order valence-corrected chi connectivity index (χ1v) is 15.1. The van der Waals surface area contributed by atoms with E-state index in [1.54, 1.807) is 18.2 Å². The molecule has 2 aliphatic rings. The Morgan fingerprint density at radius 2 is 1.95 bits per heavy atom. The van der Waals surface area contributed by atoms with Crippen molar-refractivity contribution in [1.82, 2.24) is 10.2 Å². The lowest BCUT2D eigenvalue weighted by atomic mass is 9.90. The number of hydrogen-bond acceptors (Lipinski definition) is 7. The summed E-state index contributed by atoms with van der Waals surface area (Å²) in [6.45, 7) is 5.54. The number of nitriles is 1. The lowest BCUT2D eigenvalue weighted by Gasteiger charge is -2.41. The second-order valence-electron chi connectivity index (χ2n) is 12.2. The van der Waals surface area contributed by atoms with Crippen LogP contribution in [0.4, 0.5) is 13.2 Å². The van der Waals surface area contributed by atoms with Crippen molar-refractivity contribution in [2.75, 3.05) is 19.7 Å². The number of likely N-dealkylation sites (tertiary alicyclic amines) is 1. The summed E-state index contributed by atoms with van der Waals surface area (Å²) >= 11 is 6.42. The maximum absolute atomic E-state index is 14.1. The zero-order valence-electron chi connectivity index (χ0n) is 25.0. The van der Waals surface area contributed by atoms with E-state index in [4.69, 9.17) is 26.3 Å². The number of amides is 1. The van der Waals surface area contributed by atoms with Gasteiger partial charge in [-0.2, -0.15) is 5.26 Å². The minimum Gasteiger partial charge on any atom is -0.494 e. The van der Waals surface area contributed by atoms with Gasteiger partial charge in [0.25, 0.3) is 0 Å². The van der Waals surface area contributed by atoms with Crippen molar-refractivity contribution in [1.29, 1.82) is 5.26 Å². The van der Waals surface area contributed by atoms with E-state index in [1.807, 2.05) is 44.2 Å². The molecule has 0 unspecified atom stereocenters. The van der Waals surface area contributed by atoms with Gasteiger partial charge < -0.3 is 29.9 Å². The fraction of sp³-hybridized carbons (Fsp3) is 0.562. The molecule has 0 aliphatic carbocycles. The molecule has 1 amide bonds. The Kier molecular flexibility index (Phi) is 10.9. The number of aliphatic hydroxyl groups is 2. The van der Waals surface area contributed by atoms with Gasteiger partial charge in [0, 0.05) is 17.0 Å². The summed E-state index contributed by atoms with van der Waals surface area (Å²) in [5, 5.41) is 33.1. The van der Waals surface area contributed by atoms with Crippen molar-refractivity contribution < 1.29 is 37.7 Å². The highest BCUT2D eigenvalue weighted by atomic mass is 35.5. The van der Waals surface area contributed by atoms with Crippen molar-refractivity contribution >= 4 is 17.5 Å². The highest BCUT2D eigenvalue weighted by Gasteiger charge is 2.55. The number of benzene rings is 2. The summed E-state index contributed by atoms with van der Waals surface area (Å²) in [5.41, 5.74) is 1.70. The Labute approximate surface area is 260 Å². The Morgan fingerprint density at radius 1 is 1.25 bits per heavy atom. The highest BCUT2D eigenvalue weighted by molar-refractivity contribution is 6.31. The summed E-state index contributed by atoms with van der Waals surface area (Å²) < 4.78 is 53.1. The van der Waals surface area contributed by atoms with E-state index in [-0.39, 0.29) is 31.0 Å². The predicted molar refractivity (Wildman–Crippen MR) is 158 cm³/mol. The zero-order valence-corrected chi connectivity index (χ0v) is 25.7. The number of carbonyl (C=O) groups is 1. The van der Waals surface area contributed by atoms with Gasteiger partial charge >= 0.3 is 5.92 Å². The topological polar surface area (TPSA) is 115 Å². The summed E-state index contributed by atoms with van der Waals surface area (Å²) in [6, 6.07) is 13.6. The number of halogens is 4. The van der Waals surface area contributed by atoms with E-state index >= 15 is 0 Å². The zero-order chi connectivity index (χ0) is 32.2. The van der Waals surface area contributed by atoms with Crippen molar-refractivity contribution in [3.8, 4) is 11.8 Å². The first kappa shape index (κ1) is 34.0. The summed E-state index contributed by atoms with van der Waals surface area (Å²) in [7, 11) is 0. The van der Waals surface area contributed by atoms with Crippen molar-refractivity contribution in [2.45, 2.75) is 94.5 Å². The molecule has 44 heavy (non-hydrogen) atoms. The van der Waals surface area contributed by atoms with E-state index in [0.717, 1.165) is 12.5 Å². The average Bonchev–Trinajstić information content (AvgIpc) is 3.38. The smallest absolute Gasteiger partial charge is 0.301 e. The van der Waals surface area contributed by atoms with Gasteiger partial charge in [-0.05, 0) is 74.9 Å². The van der Waals surface area contributed by atoms with Gasteiger partial charge in [0.2, 0.25) is 5.91 Å². The standard InChI is InChI=1S/C32H39ClF3N3O5/c1-19-32(35,36)30(42)28(41)29(44-19)21-7-10-26(33)22(14-21)13-20-5-8-25(9-6-20)43-12-4-11-31(2,3)38-17-27(40)39-18-23(34)15-24(39)16-37/h5-10,14,19,23-24,28-30,38,41-42H,4,11-13,15,17-18H2,1-3H3/t19-,23+,24+,28+,29+,30-/m1/s1. The van der Waals surface area contributed by atoms with Crippen LogP contribution in [0.1, 0.15) is 62.8 Å². The van der Waals surface area contributed by atoms with Gasteiger partial charge in [-0.15, -0.1) is 0 Å². The first-order chi connectivity index (χ1) is 20.7. The molecule has 2 aromatic rings. The van der Waals surface area contributed by atoms with Crippen molar-refractivity contribution in [3.63, 3.8) is 0 Å². The van der Waals surface area contributed by atoms with Crippen LogP contribution in [0, 0.1) is 11.3 Å². The van der Waals surface area contributed by atoms with E-state index < -0.39 is 42.6 Å². The Hall–Kier alpha value is -2.88. The normalized spacial score (nSPS) is 26.8. The molecule has 0 radical (unpaired) electrons. The molecule has 2 saturated heterocycles. The minimum atomic E-state index is -3.57. The van der Waals surface area contributed by atoms with Crippen LogP contribution in [-0.2, 0) is 16.0 Å². The second kappa shape index (κ2) is 14.0. The van der Waals surface area contributed by atoms with Gasteiger partial charge in [0.1, 0.15) is 42.4 Å². The molecular weight excluding hydrogens is 599 g/mol. The molecule has 4 rings (SSSR count). The van der Waals surface area contributed by atoms with E-state index in [1.165, 1.54) is 4.90 Å². The van der Waals surface area contributed by atoms with Gasteiger partial charge in [0.05, 0.1) is 25.8 Å². The lowest BCUT2D eigenvalue weighted by molar-refractivity contribution is -0.286. The molecular formula is C32H39ClF3N3O5. The number of rotatable bonds is 11. The SMILES string of the molecule is C[C@H]1O[C@@H](c2ccc(Cl)c(Cc3ccc(OCCCC(C)(C)NCC(=O)N4C[C@@H](F)C[C@H]4C#N)cc3)c2)[C@H](O)[C@@H](O)C1(F)F. The summed E-state index contributed by atoms with van der Waals surface area (Å²) in [5.74, 6) is -3.18. The van der Waals surface area contributed by atoms with Crippen LogP contribution in [0.15, 0.2) is 42.5 Å². The lowest BCUT2D eigenvalue weighted by Crippen LogP contribution is -2.57. The highest BCUT2D eigenvalue weighted by Crippen LogP contribution is 2.41. The van der Waals surface area contributed by atoms with Crippen LogP contribution in [0.25, 0.3) is 0 Å². The number of aliphatic hydroxyl groups excluding tert-OH is 2. The molecule has 0 aromatic heterocycles. The van der Waals surface area contributed by atoms with E-state index in [9.17, 15) is 28.2 Å². The van der Waals surface area contributed by atoms with Crippen LogP contribution in [0.5, 0.6) is 5.75 Å². The largest absolute Gasteiger partial charge is 0.494 e. The van der Waals surface area contributed by atoms with Crippen molar-refractivity contribution in [3.05, 3.63) is 64.2 Å². The van der Waals surface area contributed by atoms with E-state index in [2.05, 4.69) is 5.32 Å². The summed E-state index contributed by atoms with van der Waals surface area (Å²) in [6.07, 6.45) is -6.00. The fourth-order valence-corrected chi connectivity index (χ4v) is 5.71. The van der Waals surface area contributed by atoms with Crippen LogP contribution in [0.3, 0.4) is 0 Å².